The molecule has 182 valence electrons. The Labute approximate surface area is 205 Å². The highest BCUT2D eigenvalue weighted by Gasteiger charge is 2.59. The SMILES string of the molecule is CC(=O)O[C@H]1CC[C@@]2(C)C(=CC[C@H]3[C@@H]4CC[C@H](C(/C=C/N(C)C)=C(C#N)C#N)[C@@]4(C)CC[C@@H]32)C1. The summed E-state index contributed by atoms with van der Waals surface area (Å²) in [6.45, 7) is 6.40. The van der Waals surface area contributed by atoms with E-state index in [9.17, 15) is 15.3 Å². The van der Waals surface area contributed by atoms with E-state index in [0.29, 0.717) is 17.8 Å². The van der Waals surface area contributed by atoms with Gasteiger partial charge >= 0.3 is 5.97 Å². The zero-order valence-electron chi connectivity index (χ0n) is 21.4. The normalized spacial score (nSPS) is 38.4. The van der Waals surface area contributed by atoms with E-state index in [1.54, 1.807) is 0 Å². The van der Waals surface area contributed by atoms with Crippen LogP contribution < -0.4 is 0 Å². The lowest BCUT2D eigenvalue weighted by Crippen LogP contribution is -2.50. The van der Waals surface area contributed by atoms with Gasteiger partial charge in [0.05, 0.1) is 0 Å². The fraction of sp³-hybridized carbons (Fsp3) is 0.690. The van der Waals surface area contributed by atoms with Crippen molar-refractivity contribution >= 4 is 5.97 Å². The lowest BCUT2D eigenvalue weighted by molar-refractivity contribution is -0.148. The van der Waals surface area contributed by atoms with Gasteiger partial charge in [-0.2, -0.15) is 10.5 Å². The van der Waals surface area contributed by atoms with Crippen molar-refractivity contribution in [1.82, 2.24) is 4.90 Å². The van der Waals surface area contributed by atoms with Crippen molar-refractivity contribution in [2.24, 2.45) is 34.5 Å². The number of allylic oxidation sites excluding steroid dienone is 4. The van der Waals surface area contributed by atoms with Gasteiger partial charge in [-0.05, 0) is 97.3 Å². The highest BCUT2D eigenvalue weighted by atomic mass is 16.5. The van der Waals surface area contributed by atoms with Gasteiger partial charge in [0.15, 0.2) is 0 Å². The van der Waals surface area contributed by atoms with Crippen molar-refractivity contribution < 1.29 is 9.53 Å². The van der Waals surface area contributed by atoms with Crippen LogP contribution in [0.1, 0.15) is 72.1 Å². The number of ether oxygens (including phenoxy) is 1. The highest BCUT2D eigenvalue weighted by Crippen LogP contribution is 2.67. The molecule has 0 spiro atoms. The fourth-order valence-electron chi connectivity index (χ4n) is 8.23. The standard InChI is InChI=1S/C29H39N3O2/c1-19(33)34-22-10-13-28(2)21(16-22)6-7-24-26-9-8-25(29(26,3)14-11-27(24)28)23(12-15-32(4)5)20(17-30)18-31/h6,12,15,22,24-27H,7-11,13-14,16H2,1-5H3/b15-12+/t22-,24-,25+,26-,27-,28-,29+/m0/s1. The number of esters is 1. The van der Waals surface area contributed by atoms with Crippen LogP contribution in [0.25, 0.3) is 0 Å². The van der Waals surface area contributed by atoms with E-state index >= 15 is 0 Å². The Kier molecular flexibility index (Phi) is 6.69. The average molecular weight is 462 g/mol. The van der Waals surface area contributed by atoms with Gasteiger partial charge in [-0.25, -0.2) is 0 Å². The number of hydrogen-bond acceptors (Lipinski definition) is 5. The van der Waals surface area contributed by atoms with Crippen molar-refractivity contribution in [3.05, 3.63) is 35.1 Å². The van der Waals surface area contributed by atoms with Crippen LogP contribution in [0.2, 0.25) is 0 Å². The molecule has 3 saturated carbocycles. The molecule has 0 heterocycles. The summed E-state index contributed by atoms with van der Waals surface area (Å²) in [4.78, 5) is 13.5. The molecule has 5 heteroatoms. The number of carbonyl (C=O) groups is 1. The predicted molar refractivity (Wildman–Crippen MR) is 132 cm³/mol. The molecule has 0 aliphatic heterocycles. The molecule has 4 aliphatic rings. The van der Waals surface area contributed by atoms with Crippen LogP contribution in [-0.4, -0.2) is 31.1 Å². The van der Waals surface area contributed by atoms with E-state index in [-0.39, 0.29) is 34.4 Å². The number of nitrogens with zero attached hydrogens (tertiary/aromatic N) is 3. The first-order chi connectivity index (χ1) is 16.1. The fourth-order valence-corrected chi connectivity index (χ4v) is 8.23. The second-order valence-corrected chi connectivity index (χ2v) is 11.7. The summed E-state index contributed by atoms with van der Waals surface area (Å²) in [5.41, 5.74) is 3.03. The molecule has 4 rings (SSSR count). The first-order valence-corrected chi connectivity index (χ1v) is 12.9. The molecule has 0 unspecified atom stereocenters. The van der Waals surface area contributed by atoms with Gasteiger partial charge in [0, 0.05) is 27.4 Å². The van der Waals surface area contributed by atoms with Crippen molar-refractivity contribution in [2.75, 3.05) is 14.1 Å². The lowest BCUT2D eigenvalue weighted by atomic mass is 9.47. The van der Waals surface area contributed by atoms with Crippen LogP contribution in [0.3, 0.4) is 0 Å². The van der Waals surface area contributed by atoms with Crippen LogP contribution in [0.15, 0.2) is 35.1 Å². The molecule has 5 nitrogen and oxygen atoms in total. The smallest absolute Gasteiger partial charge is 0.302 e. The number of nitriles is 2. The number of rotatable bonds is 4. The third kappa shape index (κ3) is 4.08. The van der Waals surface area contributed by atoms with Crippen LogP contribution in [0.5, 0.6) is 0 Å². The minimum atomic E-state index is -0.172. The van der Waals surface area contributed by atoms with Gasteiger partial charge in [-0.15, -0.1) is 0 Å². The maximum absolute atomic E-state index is 11.5. The number of hydrogen-bond donors (Lipinski definition) is 0. The topological polar surface area (TPSA) is 77.1 Å². The minimum absolute atomic E-state index is 0.0321. The van der Waals surface area contributed by atoms with Crippen molar-refractivity contribution in [2.45, 2.75) is 78.2 Å². The molecule has 0 bridgehead atoms. The molecule has 0 aromatic carbocycles. The Morgan fingerprint density at radius 2 is 1.85 bits per heavy atom. The largest absolute Gasteiger partial charge is 0.462 e. The Morgan fingerprint density at radius 3 is 2.50 bits per heavy atom. The van der Waals surface area contributed by atoms with E-state index in [2.05, 4.69) is 32.1 Å². The second-order valence-electron chi connectivity index (χ2n) is 11.7. The molecule has 0 N–H and O–H groups in total. The van der Waals surface area contributed by atoms with Gasteiger partial charge in [-0.3, -0.25) is 4.79 Å². The molecule has 7 atom stereocenters. The second kappa shape index (κ2) is 9.26. The van der Waals surface area contributed by atoms with Gasteiger partial charge < -0.3 is 9.64 Å². The maximum atomic E-state index is 11.5. The molecule has 0 radical (unpaired) electrons. The molecule has 0 aromatic rings. The Bertz CT molecular complexity index is 993. The zero-order chi connectivity index (χ0) is 24.7. The molecule has 4 aliphatic carbocycles. The summed E-state index contributed by atoms with van der Waals surface area (Å²) in [5.74, 6) is 2.00. The average Bonchev–Trinajstić information content (AvgIpc) is 3.13. The van der Waals surface area contributed by atoms with E-state index in [1.807, 2.05) is 31.3 Å². The summed E-state index contributed by atoms with van der Waals surface area (Å²) >= 11 is 0. The van der Waals surface area contributed by atoms with Crippen molar-refractivity contribution in [1.29, 1.82) is 10.5 Å². The Balaban J connectivity index is 1.63. The lowest BCUT2D eigenvalue weighted by Gasteiger charge is -2.58. The molecular formula is C29H39N3O2. The molecular weight excluding hydrogens is 422 g/mol. The van der Waals surface area contributed by atoms with Crippen LogP contribution in [-0.2, 0) is 9.53 Å². The molecule has 3 fully saturated rings. The van der Waals surface area contributed by atoms with E-state index in [0.717, 1.165) is 44.1 Å². The van der Waals surface area contributed by atoms with Crippen LogP contribution in [0.4, 0.5) is 0 Å². The summed E-state index contributed by atoms with van der Waals surface area (Å²) < 4.78 is 5.58. The highest BCUT2D eigenvalue weighted by molar-refractivity contribution is 5.66. The summed E-state index contributed by atoms with van der Waals surface area (Å²) in [6.07, 6.45) is 15.1. The monoisotopic (exact) mass is 461 g/mol. The summed E-state index contributed by atoms with van der Waals surface area (Å²) in [5, 5.41) is 19.4. The van der Waals surface area contributed by atoms with Gasteiger partial charge in [0.2, 0.25) is 0 Å². The third-order valence-electron chi connectivity index (χ3n) is 9.83. The first-order valence-electron chi connectivity index (χ1n) is 12.9. The van der Waals surface area contributed by atoms with Gasteiger partial charge in [-0.1, -0.05) is 25.5 Å². The summed E-state index contributed by atoms with van der Waals surface area (Å²) in [6, 6.07) is 4.37. The van der Waals surface area contributed by atoms with E-state index in [1.165, 1.54) is 25.3 Å². The summed E-state index contributed by atoms with van der Waals surface area (Å²) in [7, 11) is 3.94. The molecule has 0 saturated heterocycles. The first kappa shape index (κ1) is 24.6. The molecule has 0 aromatic heterocycles. The minimum Gasteiger partial charge on any atom is -0.462 e. The number of fused-ring (bicyclic) bond motifs is 5. The van der Waals surface area contributed by atoms with Crippen molar-refractivity contribution in [3.8, 4) is 12.1 Å². The van der Waals surface area contributed by atoms with Crippen molar-refractivity contribution in [3.63, 3.8) is 0 Å². The van der Waals surface area contributed by atoms with Gasteiger partial charge in [0.1, 0.15) is 23.8 Å². The molecule has 0 amide bonds. The van der Waals surface area contributed by atoms with Crippen LogP contribution >= 0.6 is 0 Å². The van der Waals surface area contributed by atoms with E-state index < -0.39 is 0 Å². The zero-order valence-corrected chi connectivity index (χ0v) is 21.4. The Hall–Kier alpha value is -2.53. The quantitative estimate of drug-likeness (QED) is 0.225. The predicted octanol–water partition coefficient (Wildman–Crippen LogP) is 5.92. The van der Waals surface area contributed by atoms with Crippen LogP contribution in [0, 0.1) is 57.2 Å². The van der Waals surface area contributed by atoms with E-state index in [4.69, 9.17) is 4.74 Å². The van der Waals surface area contributed by atoms with Gasteiger partial charge in [0.25, 0.3) is 0 Å². The third-order valence-corrected chi connectivity index (χ3v) is 9.83. The Morgan fingerprint density at radius 1 is 1.12 bits per heavy atom. The molecule has 34 heavy (non-hydrogen) atoms. The number of carbonyl (C=O) groups excluding carboxylic acids is 1. The maximum Gasteiger partial charge on any atom is 0.302 e.